The molecule has 0 spiro atoms. The molecule has 162 valence electrons. The molecule has 10 heteroatoms. The lowest BCUT2D eigenvalue weighted by Crippen LogP contribution is -2.44. The van der Waals surface area contributed by atoms with Gasteiger partial charge in [-0.25, -0.2) is 4.79 Å². The lowest BCUT2D eigenvalue weighted by Gasteiger charge is -2.33. The molecule has 1 saturated carbocycles. The maximum Gasteiger partial charge on any atom is 0.343 e. The number of carbonyl (C=O) groups excluding carboxylic acids is 1. The van der Waals surface area contributed by atoms with Crippen molar-refractivity contribution in [3.8, 4) is 0 Å². The summed E-state index contributed by atoms with van der Waals surface area (Å²) < 4.78 is 5.01. The number of halogens is 1. The van der Waals surface area contributed by atoms with Gasteiger partial charge in [0.15, 0.2) is 0 Å². The van der Waals surface area contributed by atoms with Crippen molar-refractivity contribution in [3.05, 3.63) is 38.4 Å². The van der Waals surface area contributed by atoms with Crippen molar-refractivity contribution >= 4 is 40.9 Å². The Labute approximate surface area is 179 Å². The van der Waals surface area contributed by atoms with Gasteiger partial charge in [-0.15, -0.1) is 0 Å². The first kappa shape index (κ1) is 22.0. The number of aliphatic hydroxyl groups excluding tert-OH is 1. The van der Waals surface area contributed by atoms with Crippen LogP contribution in [0.25, 0.3) is 5.76 Å². The van der Waals surface area contributed by atoms with Gasteiger partial charge in [0.1, 0.15) is 17.0 Å². The van der Waals surface area contributed by atoms with E-state index < -0.39 is 16.7 Å². The summed E-state index contributed by atoms with van der Waals surface area (Å²) in [6, 6.07) is 2.79. The summed E-state index contributed by atoms with van der Waals surface area (Å²) in [4.78, 5) is 31.9. The highest BCUT2D eigenvalue weighted by molar-refractivity contribution is 6.33. The molecule has 1 N–H and O–H groups in total. The molecular formula is C20H25ClN4O5. The van der Waals surface area contributed by atoms with Crippen molar-refractivity contribution in [2.24, 2.45) is 4.99 Å². The van der Waals surface area contributed by atoms with Crippen LogP contribution in [0.15, 0.2) is 22.7 Å². The number of rotatable bonds is 7. The zero-order chi connectivity index (χ0) is 21.8. The van der Waals surface area contributed by atoms with Gasteiger partial charge in [0, 0.05) is 44.0 Å². The molecule has 2 aliphatic rings. The van der Waals surface area contributed by atoms with Crippen LogP contribution in [0.3, 0.4) is 0 Å². The molecule has 30 heavy (non-hydrogen) atoms. The molecule has 1 aromatic carbocycles. The number of esters is 1. The molecule has 1 aliphatic heterocycles. The maximum atomic E-state index is 12.3. The first-order chi connectivity index (χ1) is 14.3. The highest BCUT2D eigenvalue weighted by Crippen LogP contribution is 2.37. The number of hydrogen-bond donors (Lipinski definition) is 1. The number of carbonyl (C=O) groups is 1. The fraction of sp³-hybridized carbons (Fsp3) is 0.500. The summed E-state index contributed by atoms with van der Waals surface area (Å²) in [5.41, 5.74) is 0.0191. The molecule has 3 rings (SSSR count). The lowest BCUT2D eigenvalue weighted by atomic mass is 10.1. The molecule has 1 aliphatic carbocycles. The number of nitrogens with zero attached hydrogens (tertiary/aromatic N) is 4. The second-order valence-corrected chi connectivity index (χ2v) is 7.77. The van der Waals surface area contributed by atoms with E-state index in [0.29, 0.717) is 18.8 Å². The van der Waals surface area contributed by atoms with E-state index in [1.54, 1.807) is 6.92 Å². The predicted molar refractivity (Wildman–Crippen MR) is 116 cm³/mol. The fourth-order valence-electron chi connectivity index (χ4n) is 3.15. The lowest BCUT2D eigenvalue weighted by molar-refractivity contribution is -0.384. The van der Waals surface area contributed by atoms with Crippen molar-refractivity contribution < 1.29 is 19.6 Å². The SMILES string of the molecule is CCOC(=O)C(C=NC1CC1)=C(O)c1cc([N+](=O)[O-])c(N2CCN(C)CC2)cc1Cl. The third-order valence-corrected chi connectivity index (χ3v) is 5.38. The molecule has 1 saturated heterocycles. The van der Waals surface area contributed by atoms with Crippen LogP contribution in [-0.2, 0) is 9.53 Å². The molecule has 0 amide bonds. The topological polar surface area (TPSA) is 109 Å². The molecular weight excluding hydrogens is 412 g/mol. The van der Waals surface area contributed by atoms with Crippen molar-refractivity contribution in [2.75, 3.05) is 44.7 Å². The number of aliphatic hydroxyl groups is 1. The monoisotopic (exact) mass is 436 g/mol. The minimum absolute atomic E-state index is 0.00783. The largest absolute Gasteiger partial charge is 0.506 e. The number of nitro groups is 1. The second kappa shape index (κ2) is 9.44. The zero-order valence-electron chi connectivity index (χ0n) is 17.0. The fourth-order valence-corrected chi connectivity index (χ4v) is 3.40. The van der Waals surface area contributed by atoms with Gasteiger partial charge in [-0.3, -0.25) is 15.1 Å². The third kappa shape index (κ3) is 5.09. The van der Waals surface area contributed by atoms with Crippen LogP contribution in [-0.4, -0.2) is 73.0 Å². The molecule has 2 fully saturated rings. The van der Waals surface area contributed by atoms with Gasteiger partial charge >= 0.3 is 5.97 Å². The van der Waals surface area contributed by atoms with Gasteiger partial charge in [0.25, 0.3) is 5.69 Å². The Bertz CT molecular complexity index is 889. The number of anilines is 1. The van der Waals surface area contributed by atoms with Crippen LogP contribution in [0.1, 0.15) is 25.3 Å². The highest BCUT2D eigenvalue weighted by atomic mass is 35.5. The van der Waals surface area contributed by atoms with Crippen LogP contribution in [0.2, 0.25) is 5.02 Å². The van der Waals surface area contributed by atoms with Crippen LogP contribution in [0.5, 0.6) is 0 Å². The summed E-state index contributed by atoms with van der Waals surface area (Å²) in [7, 11) is 1.99. The van der Waals surface area contributed by atoms with E-state index >= 15 is 0 Å². The summed E-state index contributed by atoms with van der Waals surface area (Å²) in [5.74, 6) is -1.25. The molecule has 0 radical (unpaired) electrons. The molecule has 0 aromatic heterocycles. The van der Waals surface area contributed by atoms with Crippen molar-refractivity contribution in [2.45, 2.75) is 25.8 Å². The number of piperazine rings is 1. The number of aliphatic imine (C=N–C) groups is 1. The average Bonchev–Trinajstić information content (AvgIpc) is 3.53. The molecule has 1 heterocycles. The zero-order valence-corrected chi connectivity index (χ0v) is 17.8. The molecule has 0 bridgehead atoms. The van der Waals surface area contributed by atoms with Gasteiger partial charge in [-0.05, 0) is 32.9 Å². The number of nitro benzene ring substituents is 1. The Morgan fingerprint density at radius 1 is 1.37 bits per heavy atom. The molecule has 0 atom stereocenters. The van der Waals surface area contributed by atoms with Crippen molar-refractivity contribution in [1.82, 2.24) is 4.90 Å². The second-order valence-electron chi connectivity index (χ2n) is 7.36. The Morgan fingerprint density at radius 2 is 2.03 bits per heavy atom. The highest BCUT2D eigenvalue weighted by Gasteiger charge is 2.28. The molecule has 0 unspecified atom stereocenters. The Hall–Kier alpha value is -2.65. The number of hydrogen-bond acceptors (Lipinski definition) is 8. The summed E-state index contributed by atoms with van der Waals surface area (Å²) >= 11 is 6.40. The first-order valence-electron chi connectivity index (χ1n) is 9.87. The third-order valence-electron chi connectivity index (χ3n) is 5.07. The van der Waals surface area contributed by atoms with E-state index in [2.05, 4.69) is 9.89 Å². The van der Waals surface area contributed by atoms with Crippen molar-refractivity contribution in [1.29, 1.82) is 0 Å². The van der Waals surface area contributed by atoms with E-state index in [4.69, 9.17) is 16.3 Å². The standard InChI is InChI=1S/C20H25ClN4O5/c1-3-30-20(27)15(12-22-13-4-5-13)19(26)14-10-18(25(28)29)17(11-16(14)21)24-8-6-23(2)7-9-24/h10-13,26H,3-9H2,1-2H3. The molecule has 1 aromatic rings. The van der Waals surface area contributed by atoms with E-state index in [0.717, 1.165) is 25.9 Å². The Kier molecular flexibility index (Phi) is 6.94. The number of likely N-dealkylation sites (N-methyl/N-ethyl adjacent to an activating group) is 1. The summed E-state index contributed by atoms with van der Waals surface area (Å²) in [5, 5.41) is 22.7. The Balaban J connectivity index is 2.04. The van der Waals surface area contributed by atoms with Crippen LogP contribution >= 0.6 is 11.6 Å². The normalized spacial score (nSPS) is 18.4. The van der Waals surface area contributed by atoms with Crippen LogP contribution in [0.4, 0.5) is 11.4 Å². The minimum atomic E-state index is -0.763. The average molecular weight is 437 g/mol. The molecule has 9 nitrogen and oxygen atoms in total. The van der Waals surface area contributed by atoms with E-state index in [1.807, 2.05) is 11.9 Å². The van der Waals surface area contributed by atoms with E-state index in [1.165, 1.54) is 18.3 Å². The van der Waals surface area contributed by atoms with Crippen LogP contribution < -0.4 is 4.90 Å². The van der Waals surface area contributed by atoms with Gasteiger partial charge < -0.3 is 19.6 Å². The van der Waals surface area contributed by atoms with Gasteiger partial charge in [-0.2, -0.15) is 0 Å². The number of ether oxygens (including phenoxy) is 1. The van der Waals surface area contributed by atoms with Gasteiger partial charge in [-0.1, -0.05) is 11.6 Å². The smallest absolute Gasteiger partial charge is 0.343 e. The van der Waals surface area contributed by atoms with E-state index in [9.17, 15) is 20.0 Å². The van der Waals surface area contributed by atoms with Gasteiger partial charge in [0.05, 0.1) is 22.6 Å². The quantitative estimate of drug-likeness (QED) is 0.175. The van der Waals surface area contributed by atoms with E-state index in [-0.39, 0.29) is 34.5 Å². The first-order valence-corrected chi connectivity index (χ1v) is 10.2. The van der Waals surface area contributed by atoms with Gasteiger partial charge in [0.2, 0.25) is 0 Å². The maximum absolute atomic E-state index is 12.3. The summed E-state index contributed by atoms with van der Waals surface area (Å²) in [6.07, 6.45) is 3.10. The van der Waals surface area contributed by atoms with Crippen molar-refractivity contribution in [3.63, 3.8) is 0 Å². The Morgan fingerprint density at radius 3 is 2.60 bits per heavy atom. The predicted octanol–water partition coefficient (Wildman–Crippen LogP) is 3.07. The number of benzene rings is 1. The minimum Gasteiger partial charge on any atom is -0.506 e. The van der Waals surface area contributed by atoms with Crippen LogP contribution in [0, 0.1) is 10.1 Å². The summed E-state index contributed by atoms with van der Waals surface area (Å²) in [6.45, 7) is 4.54.